The smallest absolute Gasteiger partial charge is 0.756 e. The molecule has 8 fully saturated rings. The quantitative estimate of drug-likeness (QED) is 0.0201. The molecule has 8 saturated heterocycles. The van der Waals surface area contributed by atoms with E-state index in [1.807, 2.05) is 0 Å². The van der Waals surface area contributed by atoms with Crippen molar-refractivity contribution in [3.05, 3.63) is 0 Å². The van der Waals surface area contributed by atoms with Gasteiger partial charge in [-0.1, -0.05) is 6.92 Å². The summed E-state index contributed by atoms with van der Waals surface area (Å²) in [6.45, 7) is -10.9. The predicted octanol–water partition coefficient (Wildman–Crippen LogP) is -44.6. The Labute approximate surface area is 908 Å². The van der Waals surface area contributed by atoms with Crippen molar-refractivity contribution >= 4 is 62.6 Å². The minimum Gasteiger partial charge on any atom is -0.756 e. The molecule has 0 amide bonds. The van der Waals surface area contributed by atoms with E-state index in [0.717, 1.165) is 7.11 Å². The minimum atomic E-state index is -6.05. The summed E-state index contributed by atoms with van der Waals surface area (Å²) in [5.74, 6) is -1.25. The summed E-state index contributed by atoms with van der Waals surface area (Å²) in [6, 6.07) is 0. The Balaban J connectivity index is 0.0000208. The van der Waals surface area contributed by atoms with E-state index in [2.05, 4.69) is 36.2 Å². The van der Waals surface area contributed by atoms with Gasteiger partial charge in [0, 0.05) is 13.0 Å². The van der Waals surface area contributed by atoms with E-state index >= 15 is 0 Å². The van der Waals surface area contributed by atoms with E-state index < -0.39 is 361 Å². The number of aliphatic hydroxyl groups excluding tert-OH is 16. The van der Waals surface area contributed by atoms with Crippen molar-refractivity contribution in [3.8, 4) is 0 Å². The first-order valence-corrected chi connectivity index (χ1v) is 46.6. The van der Waals surface area contributed by atoms with Crippen LogP contribution in [0, 0.1) is 5.92 Å². The second kappa shape index (κ2) is 58.3. The second-order valence-electron chi connectivity index (χ2n) is 27.6. The van der Waals surface area contributed by atoms with Crippen LogP contribution in [0.2, 0.25) is 0 Å². The Bertz CT molecular complexity index is 3710. The molecule has 0 bridgehead atoms. The molecule has 64 nitrogen and oxygen atoms in total. The molecule has 0 aromatic rings. The number of methoxy groups -OCH3 is 1. The summed E-state index contributed by atoms with van der Waals surface area (Å²) in [6.07, 6.45) is -97.0. The zero-order chi connectivity index (χ0) is 91.7. The zero-order valence-electron chi connectivity index (χ0n) is 69.4. The van der Waals surface area contributed by atoms with Gasteiger partial charge >= 0.3 is 236 Å². The predicted molar refractivity (Wildman–Crippen MR) is 342 cm³/mol. The SMILES string of the molecule is COC1OC(COP(=O)([O-])O)C(OC2OC(COP(=O)([O-])O)C(OC3OC(COP(=O)([O-])O)C(OC4OC(COP(=O)([O-])O)C(OC5OC(COP(=O)([O-])O)C(OC6OC(COP(=O)([O-])O)C(OC7OC(COP(=O)([O-])O)C(OC8OC(COP(=O)([O-])O)[C@@H](C)C(O)C8O)C(O)C7O)C(O)C6O)C(O)C5O)C(O)C4O)C(O)C3O)C(O)C2O)C(O)C1O.[Na+].[Na+].[Na+].[Na+].[Na+].[Na+].[Na+].[Na+]. The summed E-state index contributed by atoms with van der Waals surface area (Å²) in [5.41, 5.74) is 0. The van der Waals surface area contributed by atoms with Gasteiger partial charge in [-0.2, -0.15) is 0 Å². The molecular weight excluding hydrogens is 2060 g/mol. The van der Waals surface area contributed by atoms with Crippen LogP contribution in [-0.4, -0.2) is 420 Å². The number of phosphoric acid groups is 8. The first-order valence-electron chi connectivity index (χ1n) is 34.6. The monoisotopic (exact) mass is 2140 g/mol. The fourth-order valence-electron chi connectivity index (χ4n) is 13.1. The average molecular weight is 2140 g/mol. The molecule has 8 aliphatic heterocycles. The third-order valence-electron chi connectivity index (χ3n) is 19.0. The van der Waals surface area contributed by atoms with Crippen molar-refractivity contribution in [2.75, 3.05) is 60.0 Å². The average Bonchev–Trinajstić information content (AvgIpc) is 0.758. The van der Waals surface area contributed by atoms with Crippen molar-refractivity contribution in [2.45, 2.75) is 246 Å². The van der Waals surface area contributed by atoms with Crippen molar-refractivity contribution in [3.63, 3.8) is 0 Å². The van der Waals surface area contributed by atoms with Gasteiger partial charge in [0.2, 0.25) is 0 Å². The fourth-order valence-corrected chi connectivity index (χ4v) is 15.8. The third-order valence-corrected chi connectivity index (χ3v) is 22.8. The van der Waals surface area contributed by atoms with Gasteiger partial charge in [-0.25, -0.2) is 0 Å². The summed E-state index contributed by atoms with van der Waals surface area (Å²) < 4.78 is 218. The second-order valence-corrected chi connectivity index (χ2v) is 37.2. The largest absolute Gasteiger partial charge is 1.00 e. The van der Waals surface area contributed by atoms with Crippen LogP contribution < -0.4 is 276 Å². The van der Waals surface area contributed by atoms with Crippen molar-refractivity contribution in [1.29, 1.82) is 0 Å². The number of aliphatic hydroxyl groups is 16. The van der Waals surface area contributed by atoms with E-state index in [4.69, 9.17) is 80.7 Å². The molecule has 0 aromatic carbocycles. The molecule has 8 aliphatic rings. The fraction of sp³-hybridized carbons (Fsp3) is 1.00. The molecule has 0 aromatic heterocycles. The molecule has 47 unspecified atom stereocenters. The molecule has 0 saturated carbocycles. The topological polar surface area (TPSA) is 1030 Å². The van der Waals surface area contributed by atoms with Crippen molar-refractivity contribution in [2.24, 2.45) is 5.92 Å². The van der Waals surface area contributed by atoms with Crippen LogP contribution in [0.5, 0.6) is 0 Å². The minimum absolute atomic E-state index is 0. The molecule has 0 spiro atoms. The molecule has 0 radical (unpaired) electrons. The Kier molecular flexibility index (Phi) is 61.7. The zero-order valence-corrected chi connectivity index (χ0v) is 92.5. The molecule has 48 atom stereocenters. The Morgan fingerprint density at radius 3 is 0.462 bits per heavy atom. The molecule has 80 heteroatoms. The van der Waals surface area contributed by atoms with Crippen molar-refractivity contribution in [1.82, 2.24) is 0 Å². The summed E-state index contributed by atoms with van der Waals surface area (Å²) >= 11 is 0. The van der Waals surface area contributed by atoms with Crippen LogP contribution in [0.3, 0.4) is 0 Å². The van der Waals surface area contributed by atoms with Gasteiger partial charge in [0.25, 0.3) is 62.6 Å². The maximum atomic E-state index is 12.1. The first-order chi connectivity index (χ1) is 55.9. The molecule has 130 heavy (non-hydrogen) atoms. The number of hydrogen-bond donors (Lipinski definition) is 24. The van der Waals surface area contributed by atoms with E-state index in [-0.39, 0.29) is 236 Å². The van der Waals surface area contributed by atoms with Gasteiger partial charge < -0.3 is 272 Å². The Hall–Kier alpha value is 7.60. The van der Waals surface area contributed by atoms with E-state index in [1.54, 1.807) is 0 Å². The van der Waals surface area contributed by atoms with Crippen molar-refractivity contribution < 1.29 is 545 Å². The molecule has 0 aliphatic carbocycles. The summed E-state index contributed by atoms with van der Waals surface area (Å²) in [7, 11) is -46.1. The van der Waals surface area contributed by atoms with Crippen LogP contribution in [0.4, 0.5) is 0 Å². The molecule has 718 valence electrons. The van der Waals surface area contributed by atoms with E-state index in [1.165, 1.54) is 6.92 Å². The first kappa shape index (κ1) is 138. The van der Waals surface area contributed by atoms with Crippen LogP contribution >= 0.6 is 62.6 Å². The van der Waals surface area contributed by atoms with Gasteiger partial charge in [0.1, 0.15) is 177 Å². The molecule has 8 heterocycles. The number of hydrogen-bond acceptors (Lipinski definition) is 56. The normalized spacial score (nSPS) is 43.7. The molecule has 24 N–H and O–H groups in total. The van der Waals surface area contributed by atoms with Gasteiger partial charge in [-0.3, -0.25) is 36.5 Å². The number of phosphoric ester groups is 8. The summed E-state index contributed by atoms with van der Waals surface area (Å²) in [4.78, 5) is 171. The van der Waals surface area contributed by atoms with E-state index in [0.29, 0.717) is 0 Å². The van der Waals surface area contributed by atoms with Gasteiger partial charge in [-0.15, -0.1) is 0 Å². The van der Waals surface area contributed by atoms with E-state index in [9.17, 15) is 192 Å². The van der Waals surface area contributed by atoms with Crippen LogP contribution in [-0.2, 0) is 149 Å². The molecular formula is C50H86Na8O64P8. The maximum Gasteiger partial charge on any atom is 1.00 e. The summed E-state index contributed by atoms with van der Waals surface area (Å²) in [5, 5.41) is 182. The Morgan fingerprint density at radius 2 is 0.323 bits per heavy atom. The molecule has 8 rings (SSSR count). The standard InChI is InChI=1S/C50H94O64P8.8Na/c1-11-12(3-92-115(67,68)69)100-44(28(59)20(11)51)108-37-14(5-94-117(73,74)75)102-46(30(61)22(37)53)110-39-16(7-96-119(79,80)81)104-48(32(63)24(39)55)112-41-18(9-98-121(85,86)87)106-50(34(65)26(41)57)114-42-19(10-99-122(88,89)90)107-49(35(66)27(42)58)113-40-17(8-97-120(82,83)84)105-47(33(64)25(40)56)111-38-15(6-95-118(76,77)78)103-45(31(62)23(38)54)109-36-13(4-93-116(70,71)72)101-43(91-2)29(60)21(36)52;;;;;;;;/h11-66H,3-10H2,1-2H3,(H2,67,68,69)(H2,70,71,72)(H2,73,74,75)(H2,76,77,78)(H2,79,80,81)(H2,82,83,84)(H2,85,86,87)(H2,88,89,90);;;;;;;;/q;8*+1/p-8/t11-,12?,13?,14?,15?,16?,17?,18?,19?,20?,21?,22?,23?,24?,25?,26?,27?,28?,29?,30?,31?,32?,33?,34?,35?,36?,37?,38?,39?,40?,41?,42?,43?,44?,45?,46?,47?,48?,49?,50?;;;;;;;;/m1......../s1. The maximum absolute atomic E-state index is 12.1. The van der Waals surface area contributed by atoms with Gasteiger partial charge in [-0.05, 0) is 0 Å². The number of rotatable bonds is 39. The van der Waals surface area contributed by atoms with Gasteiger partial charge in [0.15, 0.2) is 50.3 Å². The van der Waals surface area contributed by atoms with Crippen LogP contribution in [0.1, 0.15) is 6.92 Å². The van der Waals surface area contributed by atoms with Crippen LogP contribution in [0.25, 0.3) is 0 Å². The third kappa shape index (κ3) is 40.7. The van der Waals surface area contributed by atoms with Gasteiger partial charge in [0.05, 0.1) is 65.1 Å². The number of ether oxygens (including phenoxy) is 16. The Morgan fingerprint density at radius 1 is 0.208 bits per heavy atom. The van der Waals surface area contributed by atoms with Crippen LogP contribution in [0.15, 0.2) is 0 Å².